The molecule has 1 nitrogen and oxygen atoms in total. The van der Waals surface area contributed by atoms with Gasteiger partial charge in [0, 0.05) is 13.1 Å². The van der Waals surface area contributed by atoms with E-state index in [0.29, 0.717) is 0 Å². The molecule has 1 heteroatoms. The second-order valence-corrected chi connectivity index (χ2v) is 1.48. The van der Waals surface area contributed by atoms with Gasteiger partial charge in [0.1, 0.15) is 0 Å². The fourth-order valence-electron chi connectivity index (χ4n) is 0.358. The lowest BCUT2D eigenvalue weighted by atomic mass is 10.7. The van der Waals surface area contributed by atoms with Crippen LogP contribution >= 0.6 is 0 Å². The fourth-order valence-corrected chi connectivity index (χ4v) is 0.358. The first kappa shape index (κ1) is 3.70. The molecule has 0 N–H and O–H groups in total. The minimum atomic E-state index is 0.847. The first-order valence-corrected chi connectivity index (χ1v) is 2.09. The van der Waals surface area contributed by atoms with Crippen LogP contribution in [0.3, 0.4) is 0 Å². The van der Waals surface area contributed by atoms with Crippen LogP contribution in [0.4, 0.5) is 0 Å². The Bertz CT molecular complexity index is 76.4. The van der Waals surface area contributed by atoms with Gasteiger partial charge in [0.05, 0.1) is 6.54 Å². The molecule has 0 saturated carbocycles. The van der Waals surface area contributed by atoms with E-state index in [9.17, 15) is 0 Å². The maximum Gasteiger partial charge on any atom is 0.0599 e. The normalized spacial score (nSPS) is 19.8. The maximum atomic E-state index is 4.98. The number of nitrogens with zero attached hydrogens (tertiary/aromatic N) is 1. The van der Waals surface area contributed by atoms with Crippen LogP contribution < -0.4 is 0 Å². The minimum Gasteiger partial charge on any atom is -0.290 e. The molecule has 0 aromatic carbocycles. The summed E-state index contributed by atoms with van der Waals surface area (Å²) < 4.78 is 0. The molecule has 1 aliphatic rings. The molecule has 0 aromatic heterocycles. The zero-order valence-electron chi connectivity index (χ0n) is 3.65. The van der Waals surface area contributed by atoms with E-state index in [1.165, 1.54) is 13.1 Å². The van der Waals surface area contributed by atoms with Gasteiger partial charge in [-0.1, -0.05) is 5.92 Å². The van der Waals surface area contributed by atoms with Crippen molar-refractivity contribution in [2.24, 2.45) is 0 Å². The Balaban J connectivity index is 2.05. The van der Waals surface area contributed by atoms with Crippen molar-refractivity contribution in [3.8, 4) is 12.3 Å². The average Bonchev–Trinajstić information content (AvgIpc) is 2.21. The molecule has 0 unspecified atom stereocenters. The Morgan fingerprint density at radius 2 is 2.33 bits per heavy atom. The van der Waals surface area contributed by atoms with Crippen LogP contribution in [0.25, 0.3) is 0 Å². The van der Waals surface area contributed by atoms with Crippen molar-refractivity contribution in [1.82, 2.24) is 4.90 Å². The Morgan fingerprint density at radius 3 is 2.50 bits per heavy atom. The Kier molecular flexibility index (Phi) is 0.813. The number of hydrogen-bond donors (Lipinski definition) is 0. The van der Waals surface area contributed by atoms with Gasteiger partial charge in [0.25, 0.3) is 0 Å². The molecule has 1 aliphatic heterocycles. The lowest BCUT2D eigenvalue weighted by Gasteiger charge is -1.82. The predicted octanol–water partition coefficient (Wildman–Crippen LogP) is -0.0648. The molecule has 0 bridgehead atoms. The van der Waals surface area contributed by atoms with Crippen LogP contribution in [0.1, 0.15) is 0 Å². The van der Waals surface area contributed by atoms with E-state index in [4.69, 9.17) is 6.42 Å². The van der Waals surface area contributed by atoms with E-state index < -0.39 is 0 Å². The third-order valence-electron chi connectivity index (χ3n) is 0.855. The highest BCUT2D eigenvalue weighted by molar-refractivity contribution is 4.92. The predicted molar refractivity (Wildman–Crippen MR) is 25.3 cm³/mol. The topological polar surface area (TPSA) is 3.01 Å². The van der Waals surface area contributed by atoms with Gasteiger partial charge in [-0.25, -0.2) is 0 Å². The van der Waals surface area contributed by atoms with Crippen LogP contribution in [0.15, 0.2) is 0 Å². The quantitative estimate of drug-likeness (QED) is 0.315. The molecule has 0 radical (unpaired) electrons. The first-order valence-electron chi connectivity index (χ1n) is 2.09. The molecule has 1 heterocycles. The van der Waals surface area contributed by atoms with Crippen LogP contribution in [-0.2, 0) is 0 Å². The second-order valence-electron chi connectivity index (χ2n) is 1.48. The molecule has 0 amide bonds. The van der Waals surface area contributed by atoms with Crippen LogP contribution in [0.2, 0.25) is 0 Å². The summed E-state index contributed by atoms with van der Waals surface area (Å²) in [5.41, 5.74) is 0. The van der Waals surface area contributed by atoms with E-state index in [2.05, 4.69) is 10.8 Å². The van der Waals surface area contributed by atoms with E-state index in [-0.39, 0.29) is 0 Å². The summed E-state index contributed by atoms with van der Waals surface area (Å²) in [7, 11) is 0. The second kappa shape index (κ2) is 1.32. The maximum absolute atomic E-state index is 4.98. The van der Waals surface area contributed by atoms with Gasteiger partial charge in [-0.2, -0.15) is 0 Å². The highest BCUT2D eigenvalue weighted by Gasteiger charge is 2.13. The Labute approximate surface area is 38.0 Å². The van der Waals surface area contributed by atoms with Crippen molar-refractivity contribution >= 4 is 0 Å². The van der Waals surface area contributed by atoms with Gasteiger partial charge in [0.15, 0.2) is 0 Å². The van der Waals surface area contributed by atoms with Crippen LogP contribution in [0, 0.1) is 12.3 Å². The SMILES string of the molecule is C#CCN1CC1. The number of rotatable bonds is 1. The lowest BCUT2D eigenvalue weighted by Crippen LogP contribution is -1.92. The number of hydrogen-bond acceptors (Lipinski definition) is 1. The monoisotopic (exact) mass is 81.1 g/mol. The summed E-state index contributed by atoms with van der Waals surface area (Å²) in [6.07, 6.45) is 4.98. The van der Waals surface area contributed by atoms with Crippen molar-refractivity contribution in [3.63, 3.8) is 0 Å². The zero-order valence-corrected chi connectivity index (χ0v) is 3.65. The number of terminal acetylenes is 1. The molecule has 0 spiro atoms. The van der Waals surface area contributed by atoms with Gasteiger partial charge in [0.2, 0.25) is 0 Å². The molecule has 0 aromatic rings. The molecule has 32 valence electrons. The molecule has 1 rings (SSSR count). The summed E-state index contributed by atoms with van der Waals surface area (Å²) >= 11 is 0. The van der Waals surface area contributed by atoms with E-state index >= 15 is 0 Å². The lowest BCUT2D eigenvalue weighted by molar-refractivity contribution is 0.640. The molecule has 0 atom stereocenters. The fraction of sp³-hybridized carbons (Fsp3) is 0.600. The largest absolute Gasteiger partial charge is 0.290 e. The van der Waals surface area contributed by atoms with Gasteiger partial charge in [-0.05, 0) is 0 Å². The molecule has 1 fully saturated rings. The van der Waals surface area contributed by atoms with Gasteiger partial charge >= 0.3 is 0 Å². The third kappa shape index (κ3) is 0.734. The summed E-state index contributed by atoms with van der Waals surface area (Å²) in [5.74, 6) is 2.56. The van der Waals surface area contributed by atoms with Gasteiger partial charge in [-0.3, -0.25) is 4.90 Å². The van der Waals surface area contributed by atoms with E-state index in [1.807, 2.05) is 0 Å². The molecule has 1 saturated heterocycles. The summed E-state index contributed by atoms with van der Waals surface area (Å²) in [5, 5.41) is 0. The summed E-state index contributed by atoms with van der Waals surface area (Å²) in [6.45, 7) is 3.27. The van der Waals surface area contributed by atoms with Crippen LogP contribution in [0.5, 0.6) is 0 Å². The highest BCUT2D eigenvalue weighted by atomic mass is 15.2. The van der Waals surface area contributed by atoms with Crippen molar-refractivity contribution in [1.29, 1.82) is 0 Å². The third-order valence-corrected chi connectivity index (χ3v) is 0.855. The van der Waals surface area contributed by atoms with Crippen molar-refractivity contribution in [2.75, 3.05) is 19.6 Å². The van der Waals surface area contributed by atoms with E-state index in [0.717, 1.165) is 6.54 Å². The zero-order chi connectivity index (χ0) is 4.41. The minimum absolute atomic E-state index is 0.847. The first-order chi connectivity index (χ1) is 2.93. The molecule has 0 aliphatic carbocycles. The molecular weight excluding hydrogens is 74.1 g/mol. The summed E-state index contributed by atoms with van der Waals surface area (Å²) in [6, 6.07) is 0. The van der Waals surface area contributed by atoms with Gasteiger partial charge < -0.3 is 0 Å². The molecular formula is C5H7N. The summed E-state index contributed by atoms with van der Waals surface area (Å²) in [4.78, 5) is 2.19. The van der Waals surface area contributed by atoms with Gasteiger partial charge in [-0.15, -0.1) is 6.42 Å². The molecule has 6 heavy (non-hydrogen) atoms. The Hall–Kier alpha value is -0.480. The van der Waals surface area contributed by atoms with E-state index in [1.54, 1.807) is 0 Å². The smallest absolute Gasteiger partial charge is 0.0599 e. The van der Waals surface area contributed by atoms with Crippen LogP contribution in [-0.4, -0.2) is 24.5 Å². The van der Waals surface area contributed by atoms with Crippen molar-refractivity contribution in [3.05, 3.63) is 0 Å². The Morgan fingerprint density at radius 1 is 1.67 bits per heavy atom. The standard InChI is InChI=1S/C5H7N/c1-2-3-6-4-5-6/h1H,3-5H2. The average molecular weight is 81.1 g/mol. The highest BCUT2D eigenvalue weighted by Crippen LogP contribution is 1.98. The van der Waals surface area contributed by atoms with Crippen molar-refractivity contribution < 1.29 is 0 Å². The van der Waals surface area contributed by atoms with Crippen molar-refractivity contribution in [2.45, 2.75) is 0 Å².